The van der Waals surface area contributed by atoms with Crippen molar-refractivity contribution in [2.45, 2.75) is 52.0 Å². The van der Waals surface area contributed by atoms with E-state index in [0.29, 0.717) is 12.2 Å². The van der Waals surface area contributed by atoms with Gasteiger partial charge < -0.3 is 28.5 Å². The van der Waals surface area contributed by atoms with Crippen molar-refractivity contribution in [2.75, 3.05) is 39.6 Å². The van der Waals surface area contributed by atoms with Crippen LogP contribution >= 0.6 is 0 Å². The Bertz CT molecular complexity index is 217. The second-order valence-electron chi connectivity index (χ2n) is 5.20. The van der Waals surface area contributed by atoms with Crippen LogP contribution in [0.25, 0.3) is 0 Å². The van der Waals surface area contributed by atoms with Gasteiger partial charge in [0, 0.05) is 13.2 Å². The van der Waals surface area contributed by atoms with Gasteiger partial charge >= 0.3 is 8.56 Å². The molecule has 0 aromatic carbocycles. The van der Waals surface area contributed by atoms with Crippen molar-refractivity contribution < 1.29 is 28.5 Å². The lowest BCUT2D eigenvalue weighted by molar-refractivity contribution is 0.102. The Kier molecular flexibility index (Phi) is 11.5. The highest BCUT2D eigenvalue weighted by atomic mass is 28.4. The van der Waals surface area contributed by atoms with Crippen LogP contribution in [0.3, 0.4) is 0 Å². The molecule has 2 N–H and O–H groups in total. The molecule has 2 aliphatic rings. The average molecular weight is 324 g/mol. The van der Waals surface area contributed by atoms with Gasteiger partial charge in [-0.15, -0.1) is 0 Å². The molecule has 7 heteroatoms. The Hall–Kier alpha value is -0.0231. The standard InChI is InChI=1S/C8H20O2Si.C6H10O3.H2O/c1-5-8-11(4,9-6-2)10-7-3;1(5-3-8-5)7-2-6-4-9-6;/h5-8H2,1-4H3;5-6H,1-4H2;1H2. The van der Waals surface area contributed by atoms with E-state index in [2.05, 4.69) is 13.5 Å². The zero-order valence-corrected chi connectivity index (χ0v) is 14.9. The van der Waals surface area contributed by atoms with Crippen LogP contribution in [0.1, 0.15) is 27.2 Å². The number of epoxide rings is 2. The van der Waals surface area contributed by atoms with Crippen LogP contribution in [0.5, 0.6) is 0 Å². The quantitative estimate of drug-likeness (QED) is 0.449. The molecule has 0 bridgehead atoms. The molecule has 0 spiro atoms. The first-order valence-corrected chi connectivity index (χ1v) is 10.2. The minimum atomic E-state index is -1.75. The van der Waals surface area contributed by atoms with E-state index in [0.717, 1.165) is 52.1 Å². The van der Waals surface area contributed by atoms with Crippen LogP contribution < -0.4 is 0 Å². The van der Waals surface area contributed by atoms with E-state index in [-0.39, 0.29) is 5.48 Å². The van der Waals surface area contributed by atoms with Crippen molar-refractivity contribution in [3.63, 3.8) is 0 Å². The number of rotatable bonds is 10. The molecule has 6 nitrogen and oxygen atoms in total. The summed E-state index contributed by atoms with van der Waals surface area (Å²) in [5.41, 5.74) is 0. The van der Waals surface area contributed by atoms with Crippen LogP contribution in [-0.4, -0.2) is 65.9 Å². The second kappa shape index (κ2) is 11.5. The van der Waals surface area contributed by atoms with Crippen molar-refractivity contribution in [2.24, 2.45) is 0 Å². The van der Waals surface area contributed by atoms with Gasteiger partial charge in [0.05, 0.1) is 26.4 Å². The highest BCUT2D eigenvalue weighted by molar-refractivity contribution is 6.66. The van der Waals surface area contributed by atoms with Gasteiger partial charge in [-0.2, -0.15) is 0 Å². The van der Waals surface area contributed by atoms with Gasteiger partial charge in [0.25, 0.3) is 0 Å². The molecule has 21 heavy (non-hydrogen) atoms. The van der Waals surface area contributed by atoms with Gasteiger partial charge in [-0.05, 0) is 26.4 Å². The zero-order chi connectivity index (χ0) is 14.8. The fourth-order valence-electron chi connectivity index (χ4n) is 1.91. The summed E-state index contributed by atoms with van der Waals surface area (Å²) < 4.78 is 26.4. The normalized spacial score (nSPS) is 22.9. The first-order valence-electron chi connectivity index (χ1n) is 7.72. The first kappa shape index (κ1) is 21.0. The Balaban J connectivity index is 0.000000367. The molecule has 0 aromatic rings. The summed E-state index contributed by atoms with van der Waals surface area (Å²) in [5, 5.41) is 0. The lowest BCUT2D eigenvalue weighted by atomic mass is 10.5. The number of ether oxygens (including phenoxy) is 3. The molecule has 0 amide bonds. The van der Waals surface area contributed by atoms with E-state index >= 15 is 0 Å². The van der Waals surface area contributed by atoms with E-state index in [1.54, 1.807) is 0 Å². The lowest BCUT2D eigenvalue weighted by Gasteiger charge is -2.25. The summed E-state index contributed by atoms with van der Waals surface area (Å²) in [4.78, 5) is 0. The highest BCUT2D eigenvalue weighted by Gasteiger charge is 2.29. The van der Waals surface area contributed by atoms with Crippen molar-refractivity contribution in [3.05, 3.63) is 0 Å². The molecule has 128 valence electrons. The molecule has 0 radical (unpaired) electrons. The molecule has 2 atom stereocenters. The molecule has 2 unspecified atom stereocenters. The molecule has 2 fully saturated rings. The van der Waals surface area contributed by atoms with Crippen LogP contribution in [0.4, 0.5) is 0 Å². The fourth-order valence-corrected chi connectivity index (χ4v) is 4.41. The van der Waals surface area contributed by atoms with E-state index in [1.807, 2.05) is 13.8 Å². The maximum absolute atomic E-state index is 5.63. The Morgan fingerprint density at radius 3 is 1.67 bits per heavy atom. The Morgan fingerprint density at radius 1 is 0.952 bits per heavy atom. The van der Waals surface area contributed by atoms with Crippen LogP contribution in [-0.2, 0) is 23.1 Å². The van der Waals surface area contributed by atoms with E-state index < -0.39 is 8.56 Å². The zero-order valence-electron chi connectivity index (χ0n) is 13.9. The summed E-state index contributed by atoms with van der Waals surface area (Å²) >= 11 is 0. The Morgan fingerprint density at radius 2 is 1.38 bits per heavy atom. The van der Waals surface area contributed by atoms with Gasteiger partial charge in [0.1, 0.15) is 12.2 Å². The van der Waals surface area contributed by atoms with Gasteiger partial charge in [-0.1, -0.05) is 13.3 Å². The van der Waals surface area contributed by atoms with Crippen LogP contribution in [0.15, 0.2) is 0 Å². The smallest absolute Gasteiger partial charge is 0.334 e. The molecule has 2 saturated heterocycles. The third-order valence-corrected chi connectivity index (χ3v) is 6.22. The first-order chi connectivity index (χ1) is 9.63. The minimum Gasteiger partial charge on any atom is -0.412 e. The maximum Gasteiger partial charge on any atom is 0.334 e. The maximum atomic E-state index is 5.63. The van der Waals surface area contributed by atoms with Crippen molar-refractivity contribution in [1.29, 1.82) is 0 Å². The van der Waals surface area contributed by atoms with E-state index in [1.165, 1.54) is 0 Å². The monoisotopic (exact) mass is 324 g/mol. The van der Waals surface area contributed by atoms with E-state index in [4.69, 9.17) is 23.1 Å². The summed E-state index contributed by atoms with van der Waals surface area (Å²) in [6, 6.07) is 1.11. The topological polar surface area (TPSA) is 84.2 Å². The third-order valence-electron chi connectivity index (χ3n) is 3.02. The molecule has 0 aliphatic carbocycles. The minimum absolute atomic E-state index is 0. The van der Waals surface area contributed by atoms with Crippen molar-refractivity contribution in [1.82, 2.24) is 0 Å². The third kappa shape index (κ3) is 11.2. The summed E-state index contributed by atoms with van der Waals surface area (Å²) in [5.74, 6) is 0. The largest absolute Gasteiger partial charge is 0.412 e. The Labute approximate surface area is 129 Å². The summed E-state index contributed by atoms with van der Waals surface area (Å²) in [6.45, 7) is 13.2. The van der Waals surface area contributed by atoms with Gasteiger partial charge in [0.15, 0.2) is 0 Å². The molecule has 2 aliphatic heterocycles. The summed E-state index contributed by atoms with van der Waals surface area (Å²) in [7, 11) is -1.75. The number of hydrogen-bond acceptors (Lipinski definition) is 5. The van der Waals surface area contributed by atoms with Crippen molar-refractivity contribution in [3.8, 4) is 0 Å². The number of hydrogen-bond donors (Lipinski definition) is 0. The molecule has 0 aromatic heterocycles. The molecule has 0 saturated carbocycles. The molecule has 2 rings (SSSR count). The molecular formula is C14H32O6Si. The van der Waals surface area contributed by atoms with Crippen LogP contribution in [0, 0.1) is 0 Å². The van der Waals surface area contributed by atoms with Gasteiger partial charge in [0.2, 0.25) is 0 Å². The predicted octanol–water partition coefficient (Wildman–Crippen LogP) is 1.52. The molecule has 2 heterocycles. The average Bonchev–Trinajstić information content (AvgIpc) is 3.25. The summed E-state index contributed by atoms with van der Waals surface area (Å²) in [6.07, 6.45) is 1.94. The van der Waals surface area contributed by atoms with Gasteiger partial charge in [-0.25, -0.2) is 0 Å². The predicted molar refractivity (Wildman–Crippen MR) is 83.9 cm³/mol. The lowest BCUT2D eigenvalue weighted by Crippen LogP contribution is -2.38. The van der Waals surface area contributed by atoms with Gasteiger partial charge in [-0.3, -0.25) is 0 Å². The fraction of sp³-hybridized carbons (Fsp3) is 1.00. The second-order valence-corrected chi connectivity index (χ2v) is 8.54. The van der Waals surface area contributed by atoms with E-state index in [9.17, 15) is 0 Å². The SMILES string of the molecule is C(OCC1CO1)C1CO1.CCC[Si](C)(OCC)OCC.O. The van der Waals surface area contributed by atoms with Crippen LogP contribution in [0.2, 0.25) is 12.6 Å². The highest BCUT2D eigenvalue weighted by Crippen LogP contribution is 2.15. The molecular weight excluding hydrogens is 292 g/mol. The van der Waals surface area contributed by atoms with Crippen molar-refractivity contribution >= 4 is 8.56 Å².